The van der Waals surface area contributed by atoms with Crippen LogP contribution in [0.5, 0.6) is 0 Å². The third-order valence-corrected chi connectivity index (χ3v) is 5.88. The Balaban J connectivity index is 0.00000161. The molecule has 2 saturated heterocycles. The van der Waals surface area contributed by atoms with Crippen molar-refractivity contribution in [2.75, 3.05) is 40.3 Å². The maximum atomic E-state index is 12.6. The Hall–Kier alpha value is -0.320. The van der Waals surface area contributed by atoms with E-state index in [9.17, 15) is 4.79 Å². The molecule has 0 unspecified atom stereocenters. The minimum atomic E-state index is 0. The summed E-state index contributed by atoms with van der Waals surface area (Å²) in [5.74, 6) is 0.787. The zero-order chi connectivity index (χ0) is 14.2. The molecule has 21 heavy (non-hydrogen) atoms. The van der Waals surface area contributed by atoms with Crippen molar-refractivity contribution in [3.05, 3.63) is 0 Å². The van der Waals surface area contributed by atoms with Gasteiger partial charge in [0.15, 0.2) is 0 Å². The molecule has 3 aliphatic rings. The first-order valence-electron chi connectivity index (χ1n) is 8.26. The van der Waals surface area contributed by atoms with Gasteiger partial charge in [0.25, 0.3) is 0 Å². The van der Waals surface area contributed by atoms with Crippen molar-refractivity contribution in [3.8, 4) is 0 Å². The van der Waals surface area contributed by atoms with Crippen molar-refractivity contribution in [2.45, 2.75) is 44.6 Å². The van der Waals surface area contributed by atoms with Gasteiger partial charge in [-0.25, -0.2) is 0 Å². The van der Waals surface area contributed by atoms with Crippen LogP contribution in [0.2, 0.25) is 0 Å². The number of amides is 1. The summed E-state index contributed by atoms with van der Waals surface area (Å²) in [6.07, 6.45) is 7.14. The number of piperidine rings is 2. The smallest absolute Gasteiger partial charge is 0.225 e. The van der Waals surface area contributed by atoms with Crippen LogP contribution < -0.4 is 5.32 Å². The zero-order valence-electron chi connectivity index (χ0n) is 13.4. The van der Waals surface area contributed by atoms with Crippen molar-refractivity contribution in [1.29, 1.82) is 0 Å². The number of nitrogens with zero attached hydrogens (tertiary/aromatic N) is 2. The van der Waals surface area contributed by atoms with Crippen molar-refractivity contribution in [2.24, 2.45) is 11.3 Å². The van der Waals surface area contributed by atoms with E-state index in [1.165, 1.54) is 12.8 Å². The summed E-state index contributed by atoms with van der Waals surface area (Å²) in [5, 5.41) is 3.43. The van der Waals surface area contributed by atoms with Crippen molar-refractivity contribution < 1.29 is 4.79 Å². The van der Waals surface area contributed by atoms with Gasteiger partial charge in [0.05, 0.1) is 0 Å². The van der Waals surface area contributed by atoms with Crippen LogP contribution in [0.15, 0.2) is 0 Å². The van der Waals surface area contributed by atoms with Gasteiger partial charge in [0.1, 0.15) is 0 Å². The minimum Gasteiger partial charge on any atom is -0.342 e. The van der Waals surface area contributed by atoms with Crippen LogP contribution in [0, 0.1) is 11.3 Å². The molecule has 3 fully saturated rings. The monoisotopic (exact) mass is 315 g/mol. The topological polar surface area (TPSA) is 35.6 Å². The van der Waals surface area contributed by atoms with Gasteiger partial charge in [-0.3, -0.25) is 4.79 Å². The van der Waals surface area contributed by atoms with Crippen LogP contribution in [-0.2, 0) is 4.79 Å². The average Bonchev–Trinajstić information content (AvgIpc) is 2.45. The Morgan fingerprint density at radius 2 is 1.71 bits per heavy atom. The quantitative estimate of drug-likeness (QED) is 0.843. The number of rotatable bonds is 2. The predicted octanol–water partition coefficient (Wildman–Crippen LogP) is 1.74. The Bertz CT molecular complexity index is 353. The van der Waals surface area contributed by atoms with Crippen LogP contribution in [0.1, 0.15) is 38.5 Å². The second kappa shape index (κ2) is 6.84. The van der Waals surface area contributed by atoms with Gasteiger partial charge in [-0.05, 0) is 71.1 Å². The molecule has 2 heterocycles. The molecule has 1 N–H and O–H groups in total. The number of likely N-dealkylation sites (tertiary alicyclic amines) is 1. The van der Waals surface area contributed by atoms with Crippen LogP contribution in [0.3, 0.4) is 0 Å². The maximum absolute atomic E-state index is 12.6. The normalized spacial score (nSPS) is 26.5. The molecular weight excluding hydrogens is 286 g/mol. The molecule has 0 aromatic heterocycles. The van der Waals surface area contributed by atoms with Crippen LogP contribution in [-0.4, -0.2) is 62.0 Å². The van der Waals surface area contributed by atoms with Crippen LogP contribution in [0.4, 0.5) is 0 Å². The largest absolute Gasteiger partial charge is 0.342 e. The summed E-state index contributed by atoms with van der Waals surface area (Å²) in [6, 6.07) is 0.663. The van der Waals surface area contributed by atoms with E-state index < -0.39 is 0 Å². The summed E-state index contributed by atoms with van der Waals surface area (Å²) in [6.45, 7) is 4.23. The first kappa shape index (κ1) is 17.0. The highest BCUT2D eigenvalue weighted by atomic mass is 35.5. The highest BCUT2D eigenvalue weighted by Gasteiger charge is 2.48. The molecule has 3 rings (SSSR count). The second-order valence-corrected chi connectivity index (χ2v) is 7.38. The lowest BCUT2D eigenvalue weighted by molar-refractivity contribution is -0.146. The fraction of sp³-hybridized carbons (Fsp3) is 0.938. The van der Waals surface area contributed by atoms with Crippen LogP contribution in [0.25, 0.3) is 0 Å². The van der Waals surface area contributed by atoms with Crippen LogP contribution >= 0.6 is 12.4 Å². The number of halogens is 1. The van der Waals surface area contributed by atoms with E-state index in [2.05, 4.69) is 29.2 Å². The Kier molecular flexibility index (Phi) is 5.55. The molecule has 5 heteroatoms. The number of hydrogen-bond acceptors (Lipinski definition) is 3. The van der Waals surface area contributed by atoms with E-state index in [-0.39, 0.29) is 12.4 Å². The Morgan fingerprint density at radius 3 is 2.24 bits per heavy atom. The molecule has 1 spiro atoms. The lowest BCUT2D eigenvalue weighted by Crippen LogP contribution is -2.53. The average molecular weight is 316 g/mol. The Labute approximate surface area is 135 Å². The first-order valence-corrected chi connectivity index (χ1v) is 8.26. The highest BCUT2D eigenvalue weighted by molar-refractivity contribution is 5.85. The Morgan fingerprint density at radius 1 is 1.14 bits per heavy atom. The third-order valence-electron chi connectivity index (χ3n) is 5.88. The fourth-order valence-corrected chi connectivity index (χ4v) is 4.39. The van der Waals surface area contributed by atoms with Gasteiger partial charge in [0.2, 0.25) is 5.91 Å². The molecule has 4 nitrogen and oxygen atoms in total. The third kappa shape index (κ3) is 3.54. The van der Waals surface area contributed by atoms with E-state index >= 15 is 0 Å². The van der Waals surface area contributed by atoms with Gasteiger partial charge >= 0.3 is 0 Å². The first-order chi connectivity index (χ1) is 9.60. The van der Waals surface area contributed by atoms with Gasteiger partial charge in [-0.15, -0.1) is 12.4 Å². The minimum absolute atomic E-state index is 0. The van der Waals surface area contributed by atoms with Crippen molar-refractivity contribution in [1.82, 2.24) is 15.1 Å². The van der Waals surface area contributed by atoms with Crippen molar-refractivity contribution in [3.63, 3.8) is 0 Å². The molecule has 0 aromatic rings. The van der Waals surface area contributed by atoms with Gasteiger partial charge < -0.3 is 15.1 Å². The lowest BCUT2D eigenvalue weighted by atomic mass is 9.57. The van der Waals surface area contributed by atoms with E-state index in [1.54, 1.807) is 0 Å². The van der Waals surface area contributed by atoms with E-state index in [0.29, 0.717) is 23.3 Å². The van der Waals surface area contributed by atoms with Gasteiger partial charge in [-0.1, -0.05) is 0 Å². The molecule has 0 atom stereocenters. The van der Waals surface area contributed by atoms with E-state index in [1.807, 2.05) is 0 Å². The molecule has 122 valence electrons. The molecular formula is C16H30ClN3O. The van der Waals surface area contributed by atoms with Gasteiger partial charge in [-0.2, -0.15) is 0 Å². The molecule has 1 amide bonds. The fourth-order valence-electron chi connectivity index (χ4n) is 4.39. The van der Waals surface area contributed by atoms with E-state index in [4.69, 9.17) is 0 Å². The standard InChI is InChI=1S/C16H29N3O.ClH/c1-18(2)14-3-9-19(10-4-14)15(20)13-11-16(12-13)5-7-17-8-6-16;/h13-14,17H,3-12H2,1-2H3;1H. The number of nitrogens with one attached hydrogen (secondary N) is 1. The lowest BCUT2D eigenvalue weighted by Gasteiger charge is -2.51. The molecule has 0 bridgehead atoms. The highest BCUT2D eigenvalue weighted by Crippen LogP contribution is 2.52. The summed E-state index contributed by atoms with van der Waals surface area (Å²) in [5.41, 5.74) is 0.521. The molecule has 1 saturated carbocycles. The number of carbonyl (C=O) groups is 1. The number of carbonyl (C=O) groups excluding carboxylic acids is 1. The van der Waals surface area contributed by atoms with E-state index in [0.717, 1.165) is 51.9 Å². The number of hydrogen-bond donors (Lipinski definition) is 1. The summed E-state index contributed by atoms with van der Waals surface area (Å²) < 4.78 is 0. The molecule has 1 aliphatic carbocycles. The summed E-state index contributed by atoms with van der Waals surface area (Å²) >= 11 is 0. The van der Waals surface area contributed by atoms with Gasteiger partial charge in [0, 0.05) is 25.0 Å². The van der Waals surface area contributed by atoms with Crippen molar-refractivity contribution >= 4 is 18.3 Å². The summed E-state index contributed by atoms with van der Waals surface area (Å²) in [4.78, 5) is 17.0. The SMILES string of the molecule is CN(C)C1CCN(C(=O)C2CC3(CCNCC3)C2)CC1.Cl. The summed E-state index contributed by atoms with van der Waals surface area (Å²) in [7, 11) is 4.30. The molecule has 2 aliphatic heterocycles. The predicted molar refractivity (Wildman–Crippen MR) is 87.8 cm³/mol. The zero-order valence-corrected chi connectivity index (χ0v) is 14.3. The molecule has 0 radical (unpaired) electrons. The second-order valence-electron chi connectivity index (χ2n) is 7.38. The maximum Gasteiger partial charge on any atom is 0.225 e. The molecule has 0 aromatic carbocycles.